The molecule has 1 unspecified atom stereocenters. The van der Waals surface area contributed by atoms with E-state index in [1.54, 1.807) is 38.1 Å². The number of ether oxygens (including phenoxy) is 2. The third kappa shape index (κ3) is 6.06. The predicted molar refractivity (Wildman–Crippen MR) is 117 cm³/mol. The molecule has 0 radical (unpaired) electrons. The molecule has 1 heterocycles. The number of hydrogen-bond donors (Lipinski definition) is 0. The number of halogens is 3. The lowest BCUT2D eigenvalue weighted by atomic mass is 10.1. The highest BCUT2D eigenvalue weighted by molar-refractivity contribution is 6.00. The fourth-order valence-electron chi connectivity index (χ4n) is 3.57. The molecule has 7 nitrogen and oxygen atoms in total. The Kier molecular flexibility index (Phi) is 7.80. The molecule has 0 aromatic heterocycles. The molecular formula is C24H25F3N2O5. The fourth-order valence-corrected chi connectivity index (χ4v) is 3.57. The van der Waals surface area contributed by atoms with Gasteiger partial charge < -0.3 is 19.3 Å². The summed E-state index contributed by atoms with van der Waals surface area (Å²) in [6.45, 7) is 2.97. The topological polar surface area (TPSA) is 76.2 Å². The Labute approximate surface area is 195 Å². The first kappa shape index (κ1) is 25.1. The Hall–Kier alpha value is -3.56. The van der Waals surface area contributed by atoms with Crippen LogP contribution in [0.15, 0.2) is 48.5 Å². The lowest BCUT2D eigenvalue weighted by Gasteiger charge is -2.33. The molecule has 10 heteroatoms. The van der Waals surface area contributed by atoms with E-state index in [0.717, 1.165) is 12.1 Å². The van der Waals surface area contributed by atoms with Crippen molar-refractivity contribution in [1.29, 1.82) is 0 Å². The van der Waals surface area contributed by atoms with Gasteiger partial charge in [0.2, 0.25) is 5.91 Å². The van der Waals surface area contributed by atoms with Crippen molar-refractivity contribution in [3.05, 3.63) is 59.7 Å². The average molecular weight is 478 g/mol. The number of anilines is 1. The minimum absolute atomic E-state index is 0.0503. The number of hydrogen-bond acceptors (Lipinski definition) is 5. The molecule has 3 rings (SSSR count). The molecule has 2 aromatic carbocycles. The molecule has 0 saturated heterocycles. The highest BCUT2D eigenvalue weighted by atomic mass is 19.4. The zero-order valence-electron chi connectivity index (χ0n) is 18.8. The van der Waals surface area contributed by atoms with Gasteiger partial charge in [0.15, 0.2) is 6.10 Å². The van der Waals surface area contributed by atoms with Crippen LogP contribution >= 0.6 is 0 Å². The molecule has 0 aliphatic carbocycles. The SMILES string of the molecule is CCOC(=O)CN(Cc1ccc(C(F)(F)F)cc1)C(=O)CCN1C(=O)C(C)Oc2ccccc21. The van der Waals surface area contributed by atoms with Gasteiger partial charge in [0.05, 0.1) is 17.9 Å². The van der Waals surface area contributed by atoms with E-state index in [1.165, 1.54) is 21.9 Å². The molecule has 0 N–H and O–H groups in total. The van der Waals surface area contributed by atoms with Crippen molar-refractivity contribution in [3.63, 3.8) is 0 Å². The summed E-state index contributed by atoms with van der Waals surface area (Å²) in [5, 5.41) is 0. The summed E-state index contributed by atoms with van der Waals surface area (Å²) < 4.78 is 49.1. The first-order chi connectivity index (χ1) is 16.1. The molecule has 2 amide bonds. The minimum atomic E-state index is -4.48. The number of carbonyl (C=O) groups excluding carboxylic acids is 3. The lowest BCUT2D eigenvalue weighted by Crippen LogP contribution is -2.46. The van der Waals surface area contributed by atoms with Crippen LogP contribution in [0.1, 0.15) is 31.4 Å². The van der Waals surface area contributed by atoms with Gasteiger partial charge in [-0.2, -0.15) is 13.2 Å². The number of carbonyl (C=O) groups is 3. The molecule has 1 aliphatic heterocycles. The summed E-state index contributed by atoms with van der Waals surface area (Å²) in [6, 6.07) is 11.3. The number of nitrogens with zero attached hydrogens (tertiary/aromatic N) is 2. The van der Waals surface area contributed by atoms with E-state index in [4.69, 9.17) is 9.47 Å². The average Bonchev–Trinajstić information content (AvgIpc) is 2.78. The lowest BCUT2D eigenvalue weighted by molar-refractivity contribution is -0.149. The number of alkyl halides is 3. The van der Waals surface area contributed by atoms with Gasteiger partial charge in [-0.1, -0.05) is 24.3 Å². The van der Waals surface area contributed by atoms with Crippen LogP contribution in [0.2, 0.25) is 0 Å². The Morgan fingerprint density at radius 2 is 1.79 bits per heavy atom. The van der Waals surface area contributed by atoms with Gasteiger partial charge in [0.1, 0.15) is 12.3 Å². The van der Waals surface area contributed by atoms with Crippen LogP contribution in [0.3, 0.4) is 0 Å². The first-order valence-corrected chi connectivity index (χ1v) is 10.8. The van der Waals surface area contributed by atoms with E-state index in [0.29, 0.717) is 17.0 Å². The predicted octanol–water partition coefficient (Wildman–Crippen LogP) is 3.80. The van der Waals surface area contributed by atoms with Gasteiger partial charge >= 0.3 is 12.1 Å². The van der Waals surface area contributed by atoms with Crippen molar-refractivity contribution in [2.75, 3.05) is 24.6 Å². The van der Waals surface area contributed by atoms with E-state index in [2.05, 4.69) is 0 Å². The van der Waals surface area contributed by atoms with Crippen LogP contribution in [-0.4, -0.2) is 48.5 Å². The second-order valence-corrected chi connectivity index (χ2v) is 7.72. The molecule has 0 spiro atoms. The van der Waals surface area contributed by atoms with Gasteiger partial charge in [-0.15, -0.1) is 0 Å². The maximum Gasteiger partial charge on any atom is 0.416 e. The maximum absolute atomic E-state index is 13.0. The van der Waals surface area contributed by atoms with Crippen molar-refractivity contribution in [2.24, 2.45) is 0 Å². The summed E-state index contributed by atoms with van der Waals surface area (Å²) in [4.78, 5) is 40.4. The Morgan fingerprint density at radius 1 is 1.12 bits per heavy atom. The standard InChI is InChI=1S/C24H25F3N2O5/c1-3-33-22(31)15-28(14-17-8-10-18(11-9-17)24(25,26)27)21(30)12-13-29-19-6-4-5-7-20(19)34-16(2)23(29)32/h4-11,16H,3,12-15H2,1-2H3. The van der Waals surface area contributed by atoms with Gasteiger partial charge in [-0.25, -0.2) is 0 Å². The summed E-state index contributed by atoms with van der Waals surface area (Å²) in [5.41, 5.74) is 0.156. The van der Waals surface area contributed by atoms with Crippen LogP contribution in [0, 0.1) is 0 Å². The molecule has 0 fully saturated rings. The summed E-state index contributed by atoms with van der Waals surface area (Å²) >= 11 is 0. The molecule has 2 aromatic rings. The van der Waals surface area contributed by atoms with Crippen molar-refractivity contribution >= 4 is 23.5 Å². The number of rotatable bonds is 8. The van der Waals surface area contributed by atoms with E-state index < -0.39 is 29.7 Å². The van der Waals surface area contributed by atoms with Crippen molar-refractivity contribution < 1.29 is 37.0 Å². The largest absolute Gasteiger partial charge is 0.479 e. The van der Waals surface area contributed by atoms with Crippen LogP contribution in [-0.2, 0) is 31.8 Å². The Balaban J connectivity index is 1.74. The smallest absolute Gasteiger partial charge is 0.416 e. The minimum Gasteiger partial charge on any atom is -0.479 e. The third-order valence-electron chi connectivity index (χ3n) is 5.26. The van der Waals surface area contributed by atoms with E-state index in [9.17, 15) is 27.6 Å². The highest BCUT2D eigenvalue weighted by Crippen LogP contribution is 2.34. The molecule has 0 bridgehead atoms. The second kappa shape index (κ2) is 10.6. The number of amides is 2. The van der Waals surface area contributed by atoms with Crippen molar-refractivity contribution in [2.45, 2.75) is 39.1 Å². The van der Waals surface area contributed by atoms with E-state index >= 15 is 0 Å². The Morgan fingerprint density at radius 3 is 2.44 bits per heavy atom. The normalized spacial score (nSPS) is 15.4. The molecule has 34 heavy (non-hydrogen) atoms. The van der Waals surface area contributed by atoms with Crippen LogP contribution in [0.5, 0.6) is 5.75 Å². The first-order valence-electron chi connectivity index (χ1n) is 10.8. The molecule has 1 aliphatic rings. The van der Waals surface area contributed by atoms with Crippen LogP contribution in [0.25, 0.3) is 0 Å². The zero-order valence-corrected chi connectivity index (χ0v) is 18.8. The van der Waals surface area contributed by atoms with Crippen LogP contribution in [0.4, 0.5) is 18.9 Å². The quantitative estimate of drug-likeness (QED) is 0.540. The van der Waals surface area contributed by atoms with E-state index in [-0.39, 0.29) is 38.6 Å². The monoisotopic (exact) mass is 478 g/mol. The molecular weight excluding hydrogens is 453 g/mol. The van der Waals surface area contributed by atoms with E-state index in [1.807, 2.05) is 0 Å². The van der Waals surface area contributed by atoms with Gasteiger partial charge in [0.25, 0.3) is 5.91 Å². The van der Waals surface area contributed by atoms with Gasteiger partial charge in [0, 0.05) is 19.5 Å². The van der Waals surface area contributed by atoms with Crippen LogP contribution < -0.4 is 9.64 Å². The third-order valence-corrected chi connectivity index (χ3v) is 5.26. The molecule has 1 atom stereocenters. The Bertz CT molecular complexity index is 1040. The summed E-state index contributed by atoms with van der Waals surface area (Å²) in [7, 11) is 0. The number of benzene rings is 2. The fraction of sp³-hybridized carbons (Fsp3) is 0.375. The van der Waals surface area contributed by atoms with Gasteiger partial charge in [-0.3, -0.25) is 14.4 Å². The number of esters is 1. The highest BCUT2D eigenvalue weighted by Gasteiger charge is 2.32. The second-order valence-electron chi connectivity index (χ2n) is 7.72. The van der Waals surface area contributed by atoms with Crippen molar-refractivity contribution in [3.8, 4) is 5.75 Å². The number of para-hydroxylation sites is 2. The van der Waals surface area contributed by atoms with Crippen molar-refractivity contribution in [1.82, 2.24) is 4.90 Å². The summed E-state index contributed by atoms with van der Waals surface area (Å²) in [6.07, 6.45) is -5.29. The number of fused-ring (bicyclic) bond motifs is 1. The maximum atomic E-state index is 13.0. The van der Waals surface area contributed by atoms with Gasteiger partial charge in [-0.05, 0) is 43.7 Å². The zero-order chi connectivity index (χ0) is 24.9. The summed E-state index contributed by atoms with van der Waals surface area (Å²) in [5.74, 6) is -0.858. The molecule has 0 saturated carbocycles. The molecule has 182 valence electrons.